The summed E-state index contributed by atoms with van der Waals surface area (Å²) in [6.45, 7) is 0.985. The van der Waals surface area contributed by atoms with E-state index in [9.17, 15) is 9.59 Å². The lowest BCUT2D eigenvalue weighted by Gasteiger charge is -2.11. The highest BCUT2D eigenvalue weighted by Gasteiger charge is 2.13. The predicted molar refractivity (Wildman–Crippen MR) is 97.7 cm³/mol. The van der Waals surface area contributed by atoms with E-state index in [1.165, 1.54) is 0 Å². The van der Waals surface area contributed by atoms with Gasteiger partial charge in [0.2, 0.25) is 0 Å². The molecule has 0 aliphatic heterocycles. The van der Waals surface area contributed by atoms with E-state index in [0.29, 0.717) is 10.8 Å². The number of aryl methyl sites for hydroxylation is 1. The van der Waals surface area contributed by atoms with Crippen molar-refractivity contribution >= 4 is 52.4 Å². The molecule has 8 heteroatoms. The molecule has 0 aromatic heterocycles. The van der Waals surface area contributed by atoms with Crippen molar-refractivity contribution < 1.29 is 19.1 Å². The van der Waals surface area contributed by atoms with Gasteiger partial charge < -0.3 is 14.8 Å². The van der Waals surface area contributed by atoms with Crippen LogP contribution in [0.1, 0.15) is 5.56 Å². The molecule has 2 aromatic carbocycles. The molecule has 0 atom stereocenters. The number of benzene rings is 2. The fourth-order valence-electron chi connectivity index (χ4n) is 1.89. The molecule has 5 nitrogen and oxygen atoms in total. The number of esters is 1. The highest BCUT2D eigenvalue weighted by Crippen LogP contribution is 2.29. The summed E-state index contributed by atoms with van der Waals surface area (Å²) in [6, 6.07) is 9.82. The van der Waals surface area contributed by atoms with Gasteiger partial charge in [0.25, 0.3) is 5.91 Å². The van der Waals surface area contributed by atoms with E-state index >= 15 is 0 Å². The third-order valence-corrected chi connectivity index (χ3v) is 3.94. The number of rotatable bonds is 6. The third-order valence-electron chi connectivity index (χ3n) is 3.07. The number of carbonyl (C=O) groups excluding carboxylic acids is 2. The molecule has 1 amide bonds. The molecule has 0 bridgehead atoms. The van der Waals surface area contributed by atoms with E-state index in [4.69, 9.17) is 44.3 Å². The van der Waals surface area contributed by atoms with Crippen molar-refractivity contribution in [3.05, 3.63) is 57.0 Å². The van der Waals surface area contributed by atoms with Gasteiger partial charge in [-0.2, -0.15) is 0 Å². The van der Waals surface area contributed by atoms with Crippen LogP contribution in [-0.4, -0.2) is 25.1 Å². The molecule has 0 saturated carbocycles. The molecule has 0 unspecified atom stereocenters. The molecule has 0 fully saturated rings. The van der Waals surface area contributed by atoms with Gasteiger partial charge in [-0.05, 0) is 42.8 Å². The molecule has 0 aliphatic carbocycles. The number of carbonyl (C=O) groups is 2. The number of hydrogen-bond donors (Lipinski definition) is 1. The summed E-state index contributed by atoms with van der Waals surface area (Å²) < 4.78 is 10.2. The number of amides is 1. The fourth-order valence-corrected chi connectivity index (χ4v) is 2.61. The molecule has 0 aliphatic rings. The second-order valence-electron chi connectivity index (χ2n) is 5.00. The maximum absolute atomic E-state index is 11.8. The normalized spacial score (nSPS) is 10.2. The average Bonchev–Trinajstić information content (AvgIpc) is 2.55. The number of anilines is 1. The van der Waals surface area contributed by atoms with Gasteiger partial charge in [0.15, 0.2) is 13.2 Å². The molecule has 25 heavy (non-hydrogen) atoms. The summed E-state index contributed by atoms with van der Waals surface area (Å²) in [7, 11) is 0. The molecule has 2 rings (SSSR count). The number of para-hydroxylation sites is 1. The van der Waals surface area contributed by atoms with Crippen molar-refractivity contribution in [2.45, 2.75) is 6.92 Å². The van der Waals surface area contributed by atoms with Gasteiger partial charge in [-0.15, -0.1) is 0 Å². The van der Waals surface area contributed by atoms with E-state index in [1.54, 1.807) is 43.3 Å². The Labute approximate surface area is 159 Å². The second-order valence-corrected chi connectivity index (χ2v) is 6.25. The van der Waals surface area contributed by atoms with Crippen LogP contribution in [0.4, 0.5) is 5.69 Å². The zero-order valence-corrected chi connectivity index (χ0v) is 15.4. The van der Waals surface area contributed by atoms with Crippen LogP contribution in [0.5, 0.6) is 5.75 Å². The topological polar surface area (TPSA) is 64.6 Å². The monoisotopic (exact) mass is 401 g/mol. The van der Waals surface area contributed by atoms with Gasteiger partial charge in [0.1, 0.15) is 5.75 Å². The fraction of sp³-hybridized carbons (Fsp3) is 0.176. The van der Waals surface area contributed by atoms with Crippen LogP contribution in [0.15, 0.2) is 36.4 Å². The molecule has 1 N–H and O–H groups in total. The lowest BCUT2D eigenvalue weighted by Crippen LogP contribution is -2.24. The first kappa shape index (κ1) is 19.4. The first-order chi connectivity index (χ1) is 11.9. The van der Waals surface area contributed by atoms with Crippen LogP contribution >= 0.6 is 34.8 Å². The van der Waals surface area contributed by atoms with Crippen LogP contribution in [0.2, 0.25) is 15.1 Å². The summed E-state index contributed by atoms with van der Waals surface area (Å²) in [5.41, 5.74) is 1.05. The lowest BCUT2D eigenvalue weighted by atomic mass is 10.2. The van der Waals surface area contributed by atoms with Crippen molar-refractivity contribution in [3.63, 3.8) is 0 Å². The van der Waals surface area contributed by atoms with E-state index < -0.39 is 18.5 Å². The van der Waals surface area contributed by atoms with Crippen LogP contribution in [-0.2, 0) is 14.3 Å². The lowest BCUT2D eigenvalue weighted by molar-refractivity contribution is -0.149. The Bertz CT molecular complexity index is 775. The van der Waals surface area contributed by atoms with Gasteiger partial charge >= 0.3 is 5.97 Å². The molecule has 0 spiro atoms. The average molecular weight is 403 g/mol. The van der Waals surface area contributed by atoms with Gasteiger partial charge in [0.05, 0.1) is 15.7 Å². The Morgan fingerprint density at radius 2 is 1.72 bits per heavy atom. The van der Waals surface area contributed by atoms with Gasteiger partial charge in [-0.1, -0.05) is 40.9 Å². The molecule has 0 heterocycles. The number of hydrogen-bond acceptors (Lipinski definition) is 4. The zero-order chi connectivity index (χ0) is 18.4. The first-order valence-electron chi connectivity index (χ1n) is 7.15. The molecule has 0 radical (unpaired) electrons. The Hall–Kier alpha value is -1.95. The van der Waals surface area contributed by atoms with Gasteiger partial charge in [-0.3, -0.25) is 4.79 Å². The quantitative estimate of drug-likeness (QED) is 0.722. The van der Waals surface area contributed by atoms with Gasteiger partial charge in [0, 0.05) is 5.02 Å². The second kappa shape index (κ2) is 8.94. The van der Waals surface area contributed by atoms with Crippen molar-refractivity contribution in [1.29, 1.82) is 0 Å². The maximum atomic E-state index is 11.8. The molecular formula is C17H14Cl3NO4. The smallest absolute Gasteiger partial charge is 0.344 e. The minimum absolute atomic E-state index is 0.264. The number of halogens is 3. The largest absolute Gasteiger partial charge is 0.482 e. The summed E-state index contributed by atoms with van der Waals surface area (Å²) in [6.07, 6.45) is 0. The summed E-state index contributed by atoms with van der Waals surface area (Å²) >= 11 is 17.7. The van der Waals surface area contributed by atoms with Crippen LogP contribution < -0.4 is 10.1 Å². The van der Waals surface area contributed by atoms with Crippen molar-refractivity contribution in [2.75, 3.05) is 18.5 Å². The van der Waals surface area contributed by atoms with Crippen LogP contribution in [0.25, 0.3) is 0 Å². The molecule has 2 aromatic rings. The van der Waals surface area contributed by atoms with Crippen molar-refractivity contribution in [3.8, 4) is 5.75 Å². The van der Waals surface area contributed by atoms with Gasteiger partial charge in [-0.25, -0.2) is 4.79 Å². The maximum Gasteiger partial charge on any atom is 0.344 e. The Kier molecular flexibility index (Phi) is 6.93. The Morgan fingerprint density at radius 3 is 2.36 bits per heavy atom. The van der Waals surface area contributed by atoms with Crippen molar-refractivity contribution in [2.24, 2.45) is 0 Å². The summed E-state index contributed by atoms with van der Waals surface area (Å²) in [4.78, 5) is 23.5. The van der Waals surface area contributed by atoms with E-state index in [0.717, 1.165) is 5.56 Å². The standard InChI is InChI=1S/C17H14Cl3NO4/c1-10-7-11(18)5-6-14(10)24-9-16(23)25-8-15(22)21-17-12(19)3-2-4-13(17)20/h2-7H,8-9H2,1H3,(H,21,22). The predicted octanol–water partition coefficient (Wildman–Crippen LogP) is 4.52. The Balaban J connectivity index is 1.80. The molecule has 0 saturated heterocycles. The summed E-state index contributed by atoms with van der Waals surface area (Å²) in [5.74, 6) is -0.741. The minimum atomic E-state index is -0.685. The highest BCUT2D eigenvalue weighted by atomic mass is 35.5. The minimum Gasteiger partial charge on any atom is -0.482 e. The highest BCUT2D eigenvalue weighted by molar-refractivity contribution is 6.39. The summed E-state index contributed by atoms with van der Waals surface area (Å²) in [5, 5.41) is 3.63. The SMILES string of the molecule is Cc1cc(Cl)ccc1OCC(=O)OCC(=O)Nc1c(Cl)cccc1Cl. The van der Waals surface area contributed by atoms with Crippen molar-refractivity contribution in [1.82, 2.24) is 0 Å². The molecule has 132 valence electrons. The zero-order valence-electron chi connectivity index (χ0n) is 13.1. The number of nitrogens with one attached hydrogen (secondary N) is 1. The van der Waals surface area contributed by atoms with E-state index in [1.807, 2.05) is 0 Å². The van der Waals surface area contributed by atoms with E-state index in [2.05, 4.69) is 5.32 Å². The first-order valence-corrected chi connectivity index (χ1v) is 8.28. The number of ether oxygens (including phenoxy) is 2. The van der Waals surface area contributed by atoms with Crippen LogP contribution in [0, 0.1) is 6.92 Å². The Morgan fingerprint density at radius 1 is 1.04 bits per heavy atom. The third kappa shape index (κ3) is 5.81. The van der Waals surface area contributed by atoms with E-state index in [-0.39, 0.29) is 22.3 Å². The molecular weight excluding hydrogens is 389 g/mol. The van der Waals surface area contributed by atoms with Crippen LogP contribution in [0.3, 0.4) is 0 Å².